The molecule has 0 radical (unpaired) electrons. The van der Waals surface area contributed by atoms with Gasteiger partial charge in [-0.15, -0.1) is 0 Å². The molecule has 1 heterocycles. The van der Waals surface area contributed by atoms with Gasteiger partial charge in [0.2, 0.25) is 0 Å². The van der Waals surface area contributed by atoms with Gasteiger partial charge in [-0.1, -0.05) is 48.5 Å². The van der Waals surface area contributed by atoms with Crippen LogP contribution in [0.4, 0.5) is 5.69 Å². The molecule has 1 amide bonds. The van der Waals surface area contributed by atoms with E-state index in [0.717, 1.165) is 0 Å². The summed E-state index contributed by atoms with van der Waals surface area (Å²) < 4.78 is 0. The highest BCUT2D eigenvalue weighted by atomic mass is 35.5. The summed E-state index contributed by atoms with van der Waals surface area (Å²) in [6, 6.07) is 12.1. The maximum Gasteiger partial charge on any atom is 0.265 e. The van der Waals surface area contributed by atoms with Gasteiger partial charge in [0.25, 0.3) is 5.91 Å². The maximum absolute atomic E-state index is 12.3. The van der Waals surface area contributed by atoms with Gasteiger partial charge in [-0.05, 0) is 23.8 Å². The number of hydrogen-bond acceptors (Lipinski definition) is 2. The molecule has 1 aliphatic rings. The van der Waals surface area contributed by atoms with Gasteiger partial charge < -0.3 is 10.4 Å². The van der Waals surface area contributed by atoms with Gasteiger partial charge in [0.15, 0.2) is 5.60 Å². The molecule has 3 nitrogen and oxygen atoms in total. The zero-order valence-electron chi connectivity index (χ0n) is 10.6. The van der Waals surface area contributed by atoms with Crippen molar-refractivity contribution < 1.29 is 9.90 Å². The quantitative estimate of drug-likeness (QED) is 0.890. The van der Waals surface area contributed by atoms with E-state index in [1.807, 2.05) is 6.07 Å². The summed E-state index contributed by atoms with van der Waals surface area (Å²) >= 11 is 5.99. The predicted octanol–water partition coefficient (Wildman–Crippen LogP) is 3.17. The molecule has 0 aromatic heterocycles. The number of fused-ring (bicyclic) bond motifs is 1. The third-order valence-electron chi connectivity index (χ3n) is 3.52. The SMILES string of the molecule is C=Cc1ccccc1C1(O)C(=O)Nc2ccc(Cl)cc21. The topological polar surface area (TPSA) is 49.3 Å². The Bertz CT molecular complexity index is 726. The molecule has 0 saturated heterocycles. The first kappa shape index (κ1) is 12.9. The molecule has 0 fully saturated rings. The van der Waals surface area contributed by atoms with Crippen LogP contribution in [0.15, 0.2) is 49.0 Å². The largest absolute Gasteiger partial charge is 0.372 e. The van der Waals surface area contributed by atoms with Crippen molar-refractivity contribution in [2.75, 3.05) is 5.32 Å². The van der Waals surface area contributed by atoms with Crippen LogP contribution in [-0.2, 0) is 10.4 Å². The summed E-state index contributed by atoms with van der Waals surface area (Å²) in [6.45, 7) is 3.72. The van der Waals surface area contributed by atoms with Crippen LogP contribution in [0.25, 0.3) is 6.08 Å². The van der Waals surface area contributed by atoms with Gasteiger partial charge in [0.05, 0.1) is 0 Å². The summed E-state index contributed by atoms with van der Waals surface area (Å²) in [7, 11) is 0. The lowest BCUT2D eigenvalue weighted by atomic mass is 9.84. The average Bonchev–Trinajstić information content (AvgIpc) is 2.72. The van der Waals surface area contributed by atoms with Gasteiger partial charge in [-0.2, -0.15) is 0 Å². The van der Waals surface area contributed by atoms with E-state index in [2.05, 4.69) is 11.9 Å². The highest BCUT2D eigenvalue weighted by Crippen LogP contribution is 2.43. The number of hydrogen-bond donors (Lipinski definition) is 2. The van der Waals surface area contributed by atoms with Gasteiger partial charge in [0, 0.05) is 21.8 Å². The van der Waals surface area contributed by atoms with E-state index in [1.54, 1.807) is 42.5 Å². The Balaban J connectivity index is 2.30. The second-order valence-corrected chi connectivity index (χ2v) is 5.08. The van der Waals surface area contributed by atoms with Gasteiger partial charge in [-0.3, -0.25) is 4.79 Å². The van der Waals surface area contributed by atoms with Crippen LogP contribution in [0.2, 0.25) is 5.02 Å². The van der Waals surface area contributed by atoms with Gasteiger partial charge in [0.1, 0.15) is 0 Å². The second-order valence-electron chi connectivity index (χ2n) is 4.65. The minimum atomic E-state index is -1.75. The monoisotopic (exact) mass is 285 g/mol. The Hall–Kier alpha value is -2.10. The normalized spacial score (nSPS) is 20.4. The van der Waals surface area contributed by atoms with E-state index in [4.69, 9.17) is 11.6 Å². The summed E-state index contributed by atoms with van der Waals surface area (Å²) in [5.74, 6) is -0.482. The smallest absolute Gasteiger partial charge is 0.265 e. The van der Waals surface area contributed by atoms with Crippen molar-refractivity contribution in [2.45, 2.75) is 5.60 Å². The molecule has 3 rings (SSSR count). The van der Waals surface area contributed by atoms with Crippen LogP contribution in [0.5, 0.6) is 0 Å². The molecule has 2 N–H and O–H groups in total. The van der Waals surface area contributed by atoms with Crippen molar-refractivity contribution >= 4 is 29.3 Å². The van der Waals surface area contributed by atoms with E-state index >= 15 is 0 Å². The van der Waals surface area contributed by atoms with Crippen LogP contribution >= 0.6 is 11.6 Å². The molecule has 0 aliphatic carbocycles. The van der Waals surface area contributed by atoms with E-state index in [9.17, 15) is 9.90 Å². The standard InChI is InChI=1S/C16H12ClNO2/c1-2-10-5-3-4-6-12(10)16(20)13-9-11(17)7-8-14(13)18-15(16)19/h2-9,20H,1H2,(H,18,19). The first-order valence-electron chi connectivity index (χ1n) is 6.13. The Morgan fingerprint density at radius 1 is 1.20 bits per heavy atom. The molecule has 0 saturated carbocycles. The summed E-state index contributed by atoms with van der Waals surface area (Å²) in [5, 5.41) is 14.2. The zero-order chi connectivity index (χ0) is 14.3. The van der Waals surface area contributed by atoms with Crippen molar-refractivity contribution in [3.8, 4) is 0 Å². The van der Waals surface area contributed by atoms with E-state index in [1.165, 1.54) is 0 Å². The molecule has 0 spiro atoms. The van der Waals surface area contributed by atoms with Crippen molar-refractivity contribution in [1.82, 2.24) is 0 Å². The van der Waals surface area contributed by atoms with Crippen molar-refractivity contribution in [3.05, 3.63) is 70.8 Å². The average molecular weight is 286 g/mol. The summed E-state index contributed by atoms with van der Waals surface area (Å²) in [5.41, 5.74) is 0.488. The van der Waals surface area contributed by atoms with Crippen molar-refractivity contribution in [1.29, 1.82) is 0 Å². The lowest BCUT2D eigenvalue weighted by Gasteiger charge is -2.23. The molecule has 1 aliphatic heterocycles. The number of anilines is 1. The molecule has 4 heteroatoms. The Morgan fingerprint density at radius 2 is 1.95 bits per heavy atom. The number of aliphatic hydroxyl groups is 1. The molecule has 0 bridgehead atoms. The van der Waals surface area contributed by atoms with Gasteiger partial charge in [-0.25, -0.2) is 0 Å². The highest BCUT2D eigenvalue weighted by Gasteiger charge is 2.47. The first-order chi connectivity index (χ1) is 9.57. The van der Waals surface area contributed by atoms with Crippen molar-refractivity contribution in [3.63, 3.8) is 0 Å². The lowest BCUT2D eigenvalue weighted by molar-refractivity contribution is -0.129. The van der Waals surface area contributed by atoms with Crippen LogP contribution < -0.4 is 5.32 Å². The molecular formula is C16H12ClNO2. The lowest BCUT2D eigenvalue weighted by Crippen LogP contribution is -2.36. The number of benzene rings is 2. The number of amides is 1. The third-order valence-corrected chi connectivity index (χ3v) is 3.75. The number of halogens is 1. The minimum Gasteiger partial charge on any atom is -0.372 e. The molecule has 1 unspecified atom stereocenters. The molecule has 2 aromatic rings. The van der Waals surface area contributed by atoms with E-state index in [-0.39, 0.29) is 0 Å². The van der Waals surface area contributed by atoms with Gasteiger partial charge >= 0.3 is 0 Å². The second kappa shape index (κ2) is 4.47. The van der Waals surface area contributed by atoms with E-state index < -0.39 is 11.5 Å². The number of carbonyl (C=O) groups is 1. The van der Waals surface area contributed by atoms with Crippen molar-refractivity contribution in [2.24, 2.45) is 0 Å². The fourth-order valence-electron chi connectivity index (χ4n) is 2.53. The van der Waals surface area contributed by atoms with Crippen LogP contribution in [-0.4, -0.2) is 11.0 Å². The van der Waals surface area contributed by atoms with Crippen LogP contribution in [0, 0.1) is 0 Å². The number of carbonyl (C=O) groups excluding carboxylic acids is 1. The molecule has 100 valence electrons. The Morgan fingerprint density at radius 3 is 2.70 bits per heavy atom. The molecule has 2 aromatic carbocycles. The molecule has 20 heavy (non-hydrogen) atoms. The maximum atomic E-state index is 12.3. The Labute approximate surface area is 121 Å². The minimum absolute atomic E-state index is 0.462. The highest BCUT2D eigenvalue weighted by molar-refractivity contribution is 6.31. The Kier molecular flexibility index (Phi) is 2.89. The summed E-state index contributed by atoms with van der Waals surface area (Å²) in [4.78, 5) is 12.3. The van der Waals surface area contributed by atoms with Crippen LogP contribution in [0.1, 0.15) is 16.7 Å². The number of rotatable bonds is 2. The zero-order valence-corrected chi connectivity index (χ0v) is 11.3. The first-order valence-corrected chi connectivity index (χ1v) is 6.51. The fraction of sp³-hybridized carbons (Fsp3) is 0.0625. The third kappa shape index (κ3) is 1.68. The fourth-order valence-corrected chi connectivity index (χ4v) is 2.70. The van der Waals surface area contributed by atoms with Crippen LogP contribution in [0.3, 0.4) is 0 Å². The number of nitrogens with one attached hydrogen (secondary N) is 1. The molecular weight excluding hydrogens is 274 g/mol. The summed E-state index contributed by atoms with van der Waals surface area (Å²) in [6.07, 6.45) is 1.61. The molecule has 1 atom stereocenters. The predicted molar refractivity (Wildman–Crippen MR) is 79.6 cm³/mol. The van der Waals surface area contributed by atoms with E-state index in [0.29, 0.717) is 27.4 Å².